The van der Waals surface area contributed by atoms with Gasteiger partial charge in [0.2, 0.25) is 17.7 Å². The summed E-state index contributed by atoms with van der Waals surface area (Å²) in [7, 11) is 0. The Balaban J connectivity index is 4.50. The van der Waals surface area contributed by atoms with Gasteiger partial charge in [-0.05, 0) is 45.4 Å². The molecule has 62 heavy (non-hydrogen) atoms. The number of esters is 1. The van der Waals surface area contributed by atoms with Crippen LogP contribution in [0.25, 0.3) is 0 Å². The maximum Gasteiger partial charge on any atom is 0.306 e. The third-order valence-corrected chi connectivity index (χ3v) is 12.2. The Labute approximate surface area is 383 Å². The average Bonchev–Trinajstić information content (AvgIpc) is 3.23. The van der Waals surface area contributed by atoms with Gasteiger partial charge in [-0.3, -0.25) is 19.2 Å². The number of amides is 3. The zero-order chi connectivity index (χ0) is 45.8. The molecular weight excluding hydrogens is 775 g/mol. The summed E-state index contributed by atoms with van der Waals surface area (Å²) >= 11 is 0. The van der Waals surface area contributed by atoms with Crippen molar-refractivity contribution in [3.63, 3.8) is 0 Å². The Hall–Kier alpha value is -2.16. The van der Waals surface area contributed by atoms with E-state index in [-0.39, 0.29) is 49.3 Å². The van der Waals surface area contributed by atoms with Crippen LogP contribution < -0.4 is 16.0 Å². The molecule has 0 spiro atoms. The first kappa shape index (κ1) is 59.8. The van der Waals surface area contributed by atoms with Crippen LogP contribution in [0.4, 0.5) is 0 Å². The van der Waals surface area contributed by atoms with Crippen molar-refractivity contribution in [2.24, 2.45) is 5.92 Å². The minimum atomic E-state index is -0.528. The fourth-order valence-electron chi connectivity index (χ4n) is 7.81. The molecule has 9 heteroatoms. The van der Waals surface area contributed by atoms with Gasteiger partial charge in [-0.15, -0.1) is 0 Å². The Bertz CT molecular complexity index is 1050. The number of rotatable bonds is 47. The average molecular weight is 878 g/mol. The van der Waals surface area contributed by atoms with Crippen molar-refractivity contribution in [3.8, 4) is 0 Å². The van der Waals surface area contributed by atoms with Crippen molar-refractivity contribution in [2.75, 3.05) is 26.3 Å². The molecule has 0 heterocycles. The number of ether oxygens (including phenoxy) is 2. The van der Waals surface area contributed by atoms with Gasteiger partial charge in [-0.25, -0.2) is 0 Å². The van der Waals surface area contributed by atoms with Crippen LogP contribution in [0.5, 0.6) is 0 Å². The normalized spacial score (nSPS) is 12.1. The van der Waals surface area contributed by atoms with Gasteiger partial charge < -0.3 is 25.4 Å². The van der Waals surface area contributed by atoms with Crippen LogP contribution in [0.1, 0.15) is 273 Å². The van der Waals surface area contributed by atoms with Crippen molar-refractivity contribution in [2.45, 2.75) is 284 Å². The van der Waals surface area contributed by atoms with Gasteiger partial charge in [-0.1, -0.05) is 207 Å². The molecule has 0 aromatic rings. The predicted octanol–water partition coefficient (Wildman–Crippen LogP) is 13.8. The number of hydrogen-bond donors (Lipinski definition) is 3. The lowest BCUT2D eigenvalue weighted by atomic mass is 10.0. The molecule has 0 aliphatic heterocycles. The second kappa shape index (κ2) is 44.1. The second-order valence-corrected chi connectivity index (χ2v) is 19.5. The molecule has 3 amide bonds. The van der Waals surface area contributed by atoms with E-state index in [9.17, 15) is 19.2 Å². The van der Waals surface area contributed by atoms with Crippen LogP contribution >= 0.6 is 0 Å². The maximum atomic E-state index is 13.0. The summed E-state index contributed by atoms with van der Waals surface area (Å²) in [5.41, 5.74) is -0.339. The standard InChI is InChI=1S/C53H103N3O6/c1-7-9-11-13-15-17-19-21-23-25-27-29-31-33-35-37-49(57)55-45-48(46-61-52(60)40-39-50(58)54-43-42-53(5,6)62-44-41-47(3)4)56-51(59)38-36-34-32-30-28-26-24-22-20-18-16-14-12-10-8-2/h47-48H,7-46H2,1-6H3,(H,54,58)(H,55,57)(H,56,59). The molecule has 0 bridgehead atoms. The van der Waals surface area contributed by atoms with Gasteiger partial charge in [0.1, 0.15) is 6.61 Å². The zero-order valence-corrected chi connectivity index (χ0v) is 41.9. The summed E-state index contributed by atoms with van der Waals surface area (Å²) < 4.78 is 11.5. The Kier molecular flexibility index (Phi) is 42.5. The van der Waals surface area contributed by atoms with E-state index in [1.165, 1.54) is 154 Å². The molecule has 0 radical (unpaired) electrons. The van der Waals surface area contributed by atoms with Crippen LogP contribution in [-0.2, 0) is 28.7 Å². The van der Waals surface area contributed by atoms with Gasteiger partial charge in [0.05, 0.1) is 18.1 Å². The molecule has 0 saturated heterocycles. The molecule has 0 aromatic carbocycles. The van der Waals surface area contributed by atoms with Gasteiger partial charge >= 0.3 is 5.97 Å². The van der Waals surface area contributed by atoms with E-state index >= 15 is 0 Å². The third kappa shape index (κ3) is 44.4. The van der Waals surface area contributed by atoms with E-state index in [2.05, 4.69) is 43.6 Å². The predicted molar refractivity (Wildman–Crippen MR) is 261 cm³/mol. The molecular formula is C53H103N3O6. The van der Waals surface area contributed by atoms with Crippen LogP contribution in [0, 0.1) is 5.92 Å². The lowest BCUT2D eigenvalue weighted by Gasteiger charge is -2.26. The molecule has 366 valence electrons. The van der Waals surface area contributed by atoms with E-state index < -0.39 is 12.0 Å². The van der Waals surface area contributed by atoms with E-state index in [1.807, 2.05) is 13.8 Å². The molecule has 0 aliphatic carbocycles. The Morgan fingerprint density at radius 1 is 0.484 bits per heavy atom. The largest absolute Gasteiger partial charge is 0.463 e. The van der Waals surface area contributed by atoms with Gasteiger partial charge in [0, 0.05) is 39.0 Å². The number of unbranched alkanes of at least 4 members (excludes halogenated alkanes) is 28. The Morgan fingerprint density at radius 3 is 1.29 bits per heavy atom. The van der Waals surface area contributed by atoms with E-state index in [0.29, 0.717) is 38.3 Å². The summed E-state index contributed by atoms with van der Waals surface area (Å²) in [6.07, 6.45) is 40.8. The van der Waals surface area contributed by atoms with E-state index in [1.54, 1.807) is 0 Å². The summed E-state index contributed by atoms with van der Waals surface area (Å²) in [6, 6.07) is -0.528. The van der Waals surface area contributed by atoms with Crippen molar-refractivity contribution < 1.29 is 28.7 Å². The van der Waals surface area contributed by atoms with Gasteiger partial charge in [0.25, 0.3) is 0 Å². The van der Waals surface area contributed by atoms with Gasteiger partial charge in [-0.2, -0.15) is 0 Å². The molecule has 1 atom stereocenters. The molecule has 3 N–H and O–H groups in total. The van der Waals surface area contributed by atoms with Crippen molar-refractivity contribution in [3.05, 3.63) is 0 Å². The van der Waals surface area contributed by atoms with Crippen LogP contribution in [-0.4, -0.2) is 61.6 Å². The maximum absolute atomic E-state index is 13.0. The lowest BCUT2D eigenvalue weighted by Crippen LogP contribution is -2.46. The van der Waals surface area contributed by atoms with Crippen LogP contribution in [0.2, 0.25) is 0 Å². The highest BCUT2D eigenvalue weighted by molar-refractivity contribution is 5.81. The van der Waals surface area contributed by atoms with Crippen molar-refractivity contribution in [1.82, 2.24) is 16.0 Å². The molecule has 0 fully saturated rings. The Morgan fingerprint density at radius 2 is 0.871 bits per heavy atom. The summed E-state index contributed by atoms with van der Waals surface area (Å²) in [5, 5.41) is 8.86. The first-order valence-corrected chi connectivity index (χ1v) is 26.6. The quantitative estimate of drug-likeness (QED) is 0.0413. The van der Waals surface area contributed by atoms with Crippen molar-refractivity contribution >= 4 is 23.7 Å². The number of nitrogens with one attached hydrogen (secondary N) is 3. The smallest absolute Gasteiger partial charge is 0.306 e. The van der Waals surface area contributed by atoms with Crippen molar-refractivity contribution in [1.29, 1.82) is 0 Å². The summed E-state index contributed by atoms with van der Waals surface area (Å²) in [4.78, 5) is 50.8. The highest BCUT2D eigenvalue weighted by Gasteiger charge is 2.20. The van der Waals surface area contributed by atoms with E-state index in [0.717, 1.165) is 44.9 Å². The molecule has 0 aromatic heterocycles. The molecule has 0 aliphatic rings. The minimum absolute atomic E-state index is 0.0275. The molecule has 1 unspecified atom stereocenters. The summed E-state index contributed by atoms with van der Waals surface area (Å²) in [5.74, 6) is -0.263. The summed E-state index contributed by atoms with van der Waals surface area (Å²) in [6.45, 7) is 14.2. The fraction of sp³-hybridized carbons (Fsp3) is 0.925. The zero-order valence-electron chi connectivity index (χ0n) is 41.9. The second-order valence-electron chi connectivity index (χ2n) is 19.5. The number of carbonyl (C=O) groups excluding carboxylic acids is 4. The van der Waals surface area contributed by atoms with Gasteiger partial charge in [0.15, 0.2) is 0 Å². The minimum Gasteiger partial charge on any atom is -0.463 e. The molecule has 0 rings (SSSR count). The molecule has 0 saturated carbocycles. The first-order chi connectivity index (χ1) is 30.0. The first-order valence-electron chi connectivity index (χ1n) is 26.6. The van der Waals surface area contributed by atoms with E-state index in [4.69, 9.17) is 9.47 Å². The lowest BCUT2D eigenvalue weighted by molar-refractivity contribution is -0.146. The highest BCUT2D eigenvalue weighted by Crippen LogP contribution is 2.17. The number of carbonyl (C=O) groups is 4. The van der Waals surface area contributed by atoms with Crippen LogP contribution in [0.15, 0.2) is 0 Å². The topological polar surface area (TPSA) is 123 Å². The molecule has 9 nitrogen and oxygen atoms in total. The highest BCUT2D eigenvalue weighted by atomic mass is 16.5. The third-order valence-electron chi connectivity index (χ3n) is 12.2. The number of hydrogen-bond acceptors (Lipinski definition) is 6. The monoisotopic (exact) mass is 878 g/mol. The van der Waals surface area contributed by atoms with Crippen LogP contribution in [0.3, 0.4) is 0 Å². The SMILES string of the molecule is CCCCCCCCCCCCCCCCCC(=O)NCC(COC(=O)CCC(=O)NCCC(C)(C)OCCC(C)C)NC(=O)CCCCCCCCCCCCCCCCC. The fourth-order valence-corrected chi connectivity index (χ4v) is 7.81.